The van der Waals surface area contributed by atoms with Crippen LogP contribution < -0.4 is 9.47 Å². The number of carbonyl (C=O) groups is 1. The topological polar surface area (TPSA) is 68.2 Å². The molecule has 4 aliphatic rings. The quantitative estimate of drug-likeness (QED) is 0.412. The average Bonchev–Trinajstić information content (AvgIpc) is 3.25. The maximum atomic E-state index is 13.4. The molecule has 6 rings (SSSR count). The SMILES string of the molecule is COc1cc2c(cc1OC)C(Cc1ccccc1)N(CC1C(=O)OC3CC4=CCCC(C)C4(C)C(O)C31)CC2. The van der Waals surface area contributed by atoms with Gasteiger partial charge in [-0.05, 0) is 60.4 Å². The lowest BCUT2D eigenvalue weighted by molar-refractivity contribution is -0.145. The van der Waals surface area contributed by atoms with Crippen LogP contribution in [0.25, 0.3) is 0 Å². The van der Waals surface area contributed by atoms with Crippen molar-refractivity contribution in [1.29, 1.82) is 0 Å². The van der Waals surface area contributed by atoms with Gasteiger partial charge in [-0.3, -0.25) is 9.69 Å². The molecule has 2 aromatic carbocycles. The van der Waals surface area contributed by atoms with Crippen molar-refractivity contribution < 1.29 is 24.1 Å². The molecule has 1 saturated heterocycles. The van der Waals surface area contributed by atoms with Crippen molar-refractivity contribution in [3.8, 4) is 11.5 Å². The Morgan fingerprint density at radius 1 is 1.13 bits per heavy atom. The maximum Gasteiger partial charge on any atom is 0.311 e. The van der Waals surface area contributed by atoms with Crippen LogP contribution in [0.15, 0.2) is 54.1 Å². The first kappa shape index (κ1) is 26.4. The van der Waals surface area contributed by atoms with E-state index in [2.05, 4.69) is 61.2 Å². The number of benzene rings is 2. The zero-order chi connectivity index (χ0) is 27.3. The third kappa shape index (κ3) is 4.36. The monoisotopic (exact) mass is 531 g/mol. The summed E-state index contributed by atoms with van der Waals surface area (Å²) >= 11 is 0. The number of aliphatic hydroxyl groups is 1. The second-order valence-electron chi connectivity index (χ2n) is 12.2. The van der Waals surface area contributed by atoms with Gasteiger partial charge in [-0.15, -0.1) is 0 Å². The van der Waals surface area contributed by atoms with Crippen molar-refractivity contribution >= 4 is 5.97 Å². The highest BCUT2D eigenvalue weighted by molar-refractivity contribution is 5.76. The largest absolute Gasteiger partial charge is 0.493 e. The van der Waals surface area contributed by atoms with E-state index in [1.807, 2.05) is 6.07 Å². The molecule has 39 heavy (non-hydrogen) atoms. The van der Waals surface area contributed by atoms with Gasteiger partial charge in [0, 0.05) is 36.9 Å². The van der Waals surface area contributed by atoms with Crippen LogP contribution in [0.4, 0.5) is 0 Å². The first-order valence-corrected chi connectivity index (χ1v) is 14.5. The van der Waals surface area contributed by atoms with Gasteiger partial charge in [0.25, 0.3) is 0 Å². The standard InChI is InChI=1S/C33H41NO5/c1-20-9-8-12-23-17-29-30(31(35)33(20,23)2)25(32(36)39-29)19-34-14-13-22-16-27(37-3)28(38-4)18-24(22)26(34)15-21-10-6-5-7-11-21/h5-7,10-12,16,18,20,25-26,29-31,35H,8-9,13-15,17,19H2,1-4H3. The van der Waals surface area contributed by atoms with E-state index in [4.69, 9.17) is 14.2 Å². The minimum Gasteiger partial charge on any atom is -0.493 e. The van der Waals surface area contributed by atoms with Gasteiger partial charge >= 0.3 is 5.97 Å². The normalized spacial score (nSPS) is 33.9. The zero-order valence-corrected chi connectivity index (χ0v) is 23.6. The van der Waals surface area contributed by atoms with Crippen molar-refractivity contribution in [2.24, 2.45) is 23.2 Å². The van der Waals surface area contributed by atoms with Crippen LogP contribution in [0.5, 0.6) is 11.5 Å². The first-order valence-electron chi connectivity index (χ1n) is 14.5. The van der Waals surface area contributed by atoms with Gasteiger partial charge in [-0.25, -0.2) is 0 Å². The van der Waals surface area contributed by atoms with E-state index < -0.39 is 6.10 Å². The molecule has 1 saturated carbocycles. The lowest BCUT2D eigenvalue weighted by Gasteiger charge is -2.52. The van der Waals surface area contributed by atoms with Crippen LogP contribution in [0.2, 0.25) is 0 Å². The Kier molecular flexibility index (Phi) is 6.96. The highest BCUT2D eigenvalue weighted by Gasteiger charge is 2.60. The Hall–Kier alpha value is -2.83. The van der Waals surface area contributed by atoms with Gasteiger partial charge in [-0.2, -0.15) is 0 Å². The van der Waals surface area contributed by atoms with E-state index in [0.29, 0.717) is 12.5 Å². The molecular formula is C33H41NO5. The van der Waals surface area contributed by atoms with Crippen LogP contribution in [-0.2, 0) is 22.4 Å². The van der Waals surface area contributed by atoms with Crippen molar-refractivity contribution in [2.45, 2.75) is 64.2 Å². The Bertz CT molecular complexity index is 1260. The summed E-state index contributed by atoms with van der Waals surface area (Å²) in [5, 5.41) is 11.9. The minimum atomic E-state index is -0.594. The molecule has 6 heteroatoms. The number of rotatable bonds is 6. The predicted octanol–water partition coefficient (Wildman–Crippen LogP) is 5.13. The highest BCUT2D eigenvalue weighted by atomic mass is 16.6. The van der Waals surface area contributed by atoms with Crippen LogP contribution in [0, 0.1) is 23.2 Å². The van der Waals surface area contributed by atoms with Crippen LogP contribution in [0.1, 0.15) is 55.8 Å². The first-order chi connectivity index (χ1) is 18.8. The van der Waals surface area contributed by atoms with Crippen molar-refractivity contribution in [3.63, 3.8) is 0 Å². The van der Waals surface area contributed by atoms with Gasteiger partial charge in [0.05, 0.1) is 26.2 Å². The second kappa shape index (κ2) is 10.3. The molecular weight excluding hydrogens is 490 g/mol. The number of hydrogen-bond donors (Lipinski definition) is 1. The second-order valence-corrected chi connectivity index (χ2v) is 12.2. The fourth-order valence-corrected chi connectivity index (χ4v) is 7.90. The molecule has 7 unspecified atom stereocenters. The van der Waals surface area contributed by atoms with Gasteiger partial charge in [0.15, 0.2) is 11.5 Å². The van der Waals surface area contributed by atoms with E-state index in [-0.39, 0.29) is 35.4 Å². The van der Waals surface area contributed by atoms with Crippen LogP contribution in [-0.4, -0.2) is 55.5 Å². The summed E-state index contributed by atoms with van der Waals surface area (Å²) in [6.07, 6.45) is 6.00. The molecule has 0 spiro atoms. The molecule has 2 aromatic rings. The predicted molar refractivity (Wildman–Crippen MR) is 150 cm³/mol. The summed E-state index contributed by atoms with van der Waals surface area (Å²) in [4.78, 5) is 15.9. The van der Waals surface area contributed by atoms with Crippen molar-refractivity contribution in [1.82, 2.24) is 4.90 Å². The Balaban J connectivity index is 1.34. The maximum absolute atomic E-state index is 13.4. The summed E-state index contributed by atoms with van der Waals surface area (Å²) < 4.78 is 17.3. The summed E-state index contributed by atoms with van der Waals surface area (Å²) in [5.41, 5.74) is 4.70. The number of methoxy groups -OCH3 is 2. The lowest BCUT2D eigenvalue weighted by atomic mass is 9.55. The number of nitrogens with zero attached hydrogens (tertiary/aromatic N) is 1. The lowest BCUT2D eigenvalue weighted by Crippen LogP contribution is -2.55. The van der Waals surface area contributed by atoms with E-state index in [0.717, 1.165) is 50.1 Å². The average molecular weight is 532 g/mol. The molecule has 0 bridgehead atoms. The molecule has 0 radical (unpaired) electrons. The van der Waals surface area contributed by atoms with E-state index in [1.165, 1.54) is 22.3 Å². The number of esters is 1. The van der Waals surface area contributed by atoms with Gasteiger partial charge in [0.2, 0.25) is 0 Å². The highest BCUT2D eigenvalue weighted by Crippen LogP contribution is 2.56. The minimum absolute atomic E-state index is 0.0724. The van der Waals surface area contributed by atoms with Crippen molar-refractivity contribution in [2.75, 3.05) is 27.3 Å². The van der Waals surface area contributed by atoms with E-state index >= 15 is 0 Å². The van der Waals surface area contributed by atoms with E-state index in [1.54, 1.807) is 14.2 Å². The number of hydrogen-bond acceptors (Lipinski definition) is 6. The van der Waals surface area contributed by atoms with E-state index in [9.17, 15) is 9.90 Å². The molecule has 6 nitrogen and oxygen atoms in total. The van der Waals surface area contributed by atoms with Crippen LogP contribution in [0.3, 0.4) is 0 Å². The fourth-order valence-electron chi connectivity index (χ4n) is 7.90. The number of fused-ring (bicyclic) bond motifs is 3. The summed E-state index contributed by atoms with van der Waals surface area (Å²) in [6.45, 7) is 5.86. The molecule has 2 aliphatic heterocycles. The number of ether oxygens (including phenoxy) is 3. The molecule has 0 amide bonds. The summed E-state index contributed by atoms with van der Waals surface area (Å²) in [7, 11) is 3.35. The zero-order valence-electron chi connectivity index (χ0n) is 23.6. The Labute approximate surface area is 231 Å². The molecule has 2 fully saturated rings. The smallest absolute Gasteiger partial charge is 0.311 e. The van der Waals surface area contributed by atoms with Crippen LogP contribution >= 0.6 is 0 Å². The van der Waals surface area contributed by atoms with Gasteiger partial charge in [-0.1, -0.05) is 55.8 Å². The summed E-state index contributed by atoms with van der Waals surface area (Å²) in [6, 6.07) is 14.8. The summed E-state index contributed by atoms with van der Waals surface area (Å²) in [5.74, 6) is 1.14. The molecule has 2 heterocycles. The molecule has 1 N–H and O–H groups in total. The Morgan fingerprint density at radius 3 is 2.62 bits per heavy atom. The number of allylic oxidation sites excluding steroid dienone is 1. The molecule has 2 aliphatic carbocycles. The number of carbonyl (C=O) groups excluding carboxylic acids is 1. The third-order valence-electron chi connectivity index (χ3n) is 10.4. The molecule has 7 atom stereocenters. The van der Waals surface area contributed by atoms with Crippen molar-refractivity contribution in [3.05, 3.63) is 70.8 Å². The number of aliphatic hydroxyl groups excluding tert-OH is 1. The van der Waals surface area contributed by atoms with Gasteiger partial charge < -0.3 is 19.3 Å². The fraction of sp³-hybridized carbons (Fsp3) is 0.545. The third-order valence-corrected chi connectivity index (χ3v) is 10.4. The molecule has 208 valence electrons. The Morgan fingerprint density at radius 2 is 1.87 bits per heavy atom. The molecule has 0 aromatic heterocycles. The van der Waals surface area contributed by atoms with Gasteiger partial charge in [0.1, 0.15) is 6.10 Å².